The Morgan fingerprint density at radius 2 is 2.05 bits per heavy atom. The molecular formula is C29H38N2O8. The number of aliphatic hydroxyl groups is 1. The quantitative estimate of drug-likeness (QED) is 0.230. The minimum Gasteiger partial charge on any atom is -0.493 e. The van der Waals surface area contributed by atoms with Crippen LogP contribution in [0, 0.1) is 5.92 Å². The predicted molar refractivity (Wildman–Crippen MR) is 141 cm³/mol. The zero-order chi connectivity index (χ0) is 28.1. The van der Waals surface area contributed by atoms with Crippen molar-refractivity contribution in [1.29, 1.82) is 0 Å². The van der Waals surface area contributed by atoms with Gasteiger partial charge in [0, 0.05) is 18.0 Å². The van der Waals surface area contributed by atoms with Crippen molar-refractivity contribution in [1.82, 2.24) is 10.2 Å². The van der Waals surface area contributed by atoms with Gasteiger partial charge in [-0.15, -0.1) is 0 Å². The van der Waals surface area contributed by atoms with E-state index in [9.17, 15) is 24.6 Å². The number of likely N-dealkylation sites (tertiary alicyclic amines) is 1. The second-order valence-corrected chi connectivity index (χ2v) is 11.6. The Hall–Kier alpha value is -3.11. The van der Waals surface area contributed by atoms with Gasteiger partial charge in [0.1, 0.15) is 12.1 Å². The van der Waals surface area contributed by atoms with Crippen molar-refractivity contribution in [2.75, 3.05) is 27.3 Å². The Balaban J connectivity index is 1.27. The van der Waals surface area contributed by atoms with Crippen molar-refractivity contribution in [3.05, 3.63) is 34.9 Å². The number of rotatable bonds is 10. The Morgan fingerprint density at radius 1 is 1.28 bits per heavy atom. The molecule has 1 aromatic carbocycles. The predicted octanol–water partition coefficient (Wildman–Crippen LogP) is 1.95. The monoisotopic (exact) mass is 542 g/mol. The first kappa shape index (κ1) is 27.5. The number of benzene rings is 1. The first-order valence-electron chi connectivity index (χ1n) is 13.7. The maximum absolute atomic E-state index is 12.9. The Morgan fingerprint density at radius 3 is 2.74 bits per heavy atom. The summed E-state index contributed by atoms with van der Waals surface area (Å²) < 4.78 is 17.6. The van der Waals surface area contributed by atoms with Crippen LogP contribution in [-0.2, 0) is 31.0 Å². The topological polar surface area (TPSA) is 135 Å². The SMILES string of the molecule is COc1ccc2c3c1OC1C(CC(=O)OCCCC(=O)NC(C(=O)O)C(C)C)=CC[C@@]4(O)[C@@H](C2)N(C)CC[C@]314. The first-order chi connectivity index (χ1) is 18.5. The average Bonchev–Trinajstić information content (AvgIpc) is 3.24. The minimum atomic E-state index is -1.08. The number of amides is 1. The fraction of sp³-hybridized carbons (Fsp3) is 0.621. The van der Waals surface area contributed by atoms with E-state index in [0.29, 0.717) is 24.3 Å². The van der Waals surface area contributed by atoms with Gasteiger partial charge in [-0.05, 0) is 62.4 Å². The lowest BCUT2D eigenvalue weighted by Gasteiger charge is -2.62. The van der Waals surface area contributed by atoms with Crippen molar-refractivity contribution in [3.63, 3.8) is 0 Å². The number of ether oxygens (including phenoxy) is 3. The summed E-state index contributed by atoms with van der Waals surface area (Å²) in [7, 11) is 3.66. The summed E-state index contributed by atoms with van der Waals surface area (Å²) >= 11 is 0. The number of nitrogens with one attached hydrogen (secondary N) is 1. The van der Waals surface area contributed by atoms with E-state index in [-0.39, 0.29) is 37.8 Å². The van der Waals surface area contributed by atoms with Crippen LogP contribution in [0.4, 0.5) is 0 Å². The number of carboxylic acid groups (broad SMARTS) is 1. The number of nitrogens with zero attached hydrogens (tertiary/aromatic N) is 1. The maximum Gasteiger partial charge on any atom is 0.326 e. The van der Waals surface area contributed by atoms with Crippen LogP contribution in [0.1, 0.15) is 57.1 Å². The summed E-state index contributed by atoms with van der Waals surface area (Å²) in [6.45, 7) is 4.31. The molecule has 2 heterocycles. The van der Waals surface area contributed by atoms with Crippen molar-refractivity contribution >= 4 is 17.8 Å². The van der Waals surface area contributed by atoms with E-state index >= 15 is 0 Å². The lowest BCUT2D eigenvalue weighted by atomic mass is 9.49. The van der Waals surface area contributed by atoms with Crippen LogP contribution in [0.15, 0.2) is 23.8 Å². The highest BCUT2D eigenvalue weighted by Gasteiger charge is 2.71. The zero-order valence-electron chi connectivity index (χ0n) is 23.0. The summed E-state index contributed by atoms with van der Waals surface area (Å²) in [6.07, 6.45) is 3.64. The second-order valence-electron chi connectivity index (χ2n) is 11.6. The molecule has 2 bridgehead atoms. The molecule has 3 N–H and O–H groups in total. The highest BCUT2D eigenvalue weighted by Crippen LogP contribution is 2.65. The van der Waals surface area contributed by atoms with Gasteiger partial charge in [0.15, 0.2) is 11.5 Å². The van der Waals surface area contributed by atoms with Crippen LogP contribution in [-0.4, -0.2) is 84.1 Å². The van der Waals surface area contributed by atoms with Crippen LogP contribution in [0.5, 0.6) is 11.5 Å². The van der Waals surface area contributed by atoms with Crippen LogP contribution in [0.3, 0.4) is 0 Å². The molecule has 5 atom stereocenters. The highest BCUT2D eigenvalue weighted by molar-refractivity contribution is 5.83. The molecule has 1 saturated heterocycles. The Bertz CT molecular complexity index is 1210. The summed E-state index contributed by atoms with van der Waals surface area (Å²) in [5, 5.41) is 24.0. The number of carbonyl (C=O) groups excluding carboxylic acids is 2. The van der Waals surface area contributed by atoms with E-state index in [2.05, 4.69) is 23.3 Å². The first-order valence-corrected chi connectivity index (χ1v) is 13.7. The molecule has 5 rings (SSSR count). The highest BCUT2D eigenvalue weighted by atomic mass is 16.5. The van der Waals surface area contributed by atoms with E-state index in [1.165, 1.54) is 0 Å². The largest absolute Gasteiger partial charge is 0.493 e. The van der Waals surface area contributed by atoms with Gasteiger partial charge < -0.3 is 34.6 Å². The maximum atomic E-state index is 12.9. The fourth-order valence-corrected chi connectivity index (χ4v) is 7.17. The fourth-order valence-electron chi connectivity index (χ4n) is 7.17. The third-order valence-electron chi connectivity index (χ3n) is 9.11. The van der Waals surface area contributed by atoms with Gasteiger partial charge in [0.05, 0.1) is 31.2 Å². The van der Waals surface area contributed by atoms with E-state index in [1.807, 2.05) is 12.1 Å². The molecule has 10 nitrogen and oxygen atoms in total. The van der Waals surface area contributed by atoms with Gasteiger partial charge in [0.25, 0.3) is 0 Å². The lowest BCUT2D eigenvalue weighted by Crippen LogP contribution is -2.74. The van der Waals surface area contributed by atoms with Gasteiger partial charge in [-0.1, -0.05) is 26.0 Å². The summed E-state index contributed by atoms with van der Waals surface area (Å²) in [5.74, 6) is -0.853. The van der Waals surface area contributed by atoms with Crippen LogP contribution >= 0.6 is 0 Å². The van der Waals surface area contributed by atoms with Crippen molar-refractivity contribution in [3.8, 4) is 11.5 Å². The third kappa shape index (κ3) is 4.28. The van der Waals surface area contributed by atoms with Crippen molar-refractivity contribution in [2.24, 2.45) is 5.92 Å². The number of carboxylic acids is 1. The molecule has 0 aromatic heterocycles. The average molecular weight is 543 g/mol. The normalized spacial score (nSPS) is 29.1. The van der Waals surface area contributed by atoms with Crippen LogP contribution < -0.4 is 14.8 Å². The van der Waals surface area contributed by atoms with Gasteiger partial charge >= 0.3 is 11.9 Å². The van der Waals surface area contributed by atoms with E-state index in [4.69, 9.17) is 14.2 Å². The van der Waals surface area contributed by atoms with Gasteiger partial charge in [-0.3, -0.25) is 9.59 Å². The number of likely N-dealkylation sites (N-methyl/N-ethyl adjacent to an activating group) is 1. The third-order valence-corrected chi connectivity index (χ3v) is 9.11. The summed E-state index contributed by atoms with van der Waals surface area (Å²) in [6, 6.07) is 2.97. The number of aliphatic carboxylic acids is 1. The number of methoxy groups -OCH3 is 1. The molecule has 0 radical (unpaired) electrons. The summed E-state index contributed by atoms with van der Waals surface area (Å²) in [5.41, 5.74) is 1.27. The zero-order valence-corrected chi connectivity index (χ0v) is 23.0. The molecule has 2 unspecified atom stereocenters. The standard InChI is InChI=1S/C29H38N2O8/c1-16(2)24(27(34)35)30-21(32)6-5-13-38-22(33)15-18-9-10-29(36)20-14-17-7-8-19(37-4)25-23(17)28(29,26(18)39-25)11-12-31(20)3/h7-9,16,20,24,26,36H,5-6,10-15H2,1-4H3,(H,30,32)(H,34,35)/t20-,24?,26?,28+,29-/m1/s1. The Labute approximate surface area is 228 Å². The van der Waals surface area contributed by atoms with Crippen LogP contribution in [0.25, 0.3) is 0 Å². The number of hydrogen-bond donors (Lipinski definition) is 3. The van der Waals surface area contributed by atoms with Gasteiger partial charge in [-0.25, -0.2) is 4.79 Å². The number of hydrogen-bond acceptors (Lipinski definition) is 8. The number of piperidine rings is 1. The number of esters is 1. The molecule has 4 aliphatic rings. The van der Waals surface area contributed by atoms with E-state index < -0.39 is 41.0 Å². The minimum absolute atomic E-state index is 0.0231. The van der Waals surface area contributed by atoms with Gasteiger partial charge in [-0.2, -0.15) is 0 Å². The van der Waals surface area contributed by atoms with Crippen molar-refractivity contribution < 1.29 is 38.8 Å². The molecule has 1 amide bonds. The van der Waals surface area contributed by atoms with Crippen molar-refractivity contribution in [2.45, 2.75) is 81.6 Å². The molecule has 1 fully saturated rings. The van der Waals surface area contributed by atoms with Crippen LogP contribution in [0.2, 0.25) is 0 Å². The van der Waals surface area contributed by atoms with E-state index in [0.717, 1.165) is 29.7 Å². The van der Waals surface area contributed by atoms with Gasteiger partial charge in [0.2, 0.25) is 5.91 Å². The second kappa shape index (κ2) is 10.1. The lowest BCUT2D eigenvalue weighted by molar-refractivity contribution is -0.160. The number of carbonyl (C=O) groups is 3. The molecular weight excluding hydrogens is 504 g/mol. The molecule has 39 heavy (non-hydrogen) atoms. The molecule has 1 aromatic rings. The smallest absolute Gasteiger partial charge is 0.326 e. The summed E-state index contributed by atoms with van der Waals surface area (Å²) in [4.78, 5) is 38.5. The molecule has 2 aliphatic carbocycles. The molecule has 212 valence electrons. The Kier molecular flexibility index (Phi) is 7.13. The molecule has 2 aliphatic heterocycles. The van der Waals surface area contributed by atoms with E-state index in [1.54, 1.807) is 21.0 Å². The molecule has 10 heteroatoms. The molecule has 1 spiro atoms. The molecule has 0 saturated carbocycles.